The Labute approximate surface area is 196 Å². The molecule has 0 radical (unpaired) electrons. The minimum Gasteiger partial charge on any atom is -0.489 e. The third kappa shape index (κ3) is 5.92. The standard InChI is InChI=1S/C28H32N2O3/c1-3-32-28(31)21(2)18-24-19-27(23-12-8-5-9-13-23)30(29-24)25-14-16-26(17-15-25)33-20-22-10-6-4-7-11-22/h4,6-7,10-11,14-19,23H,3,5,8-9,12-13,20H2,1-2H3. The molecule has 0 spiro atoms. The second-order valence-corrected chi connectivity index (χ2v) is 8.56. The summed E-state index contributed by atoms with van der Waals surface area (Å²) in [5.41, 5.74) is 4.68. The Morgan fingerprint density at radius 1 is 1.06 bits per heavy atom. The lowest BCUT2D eigenvalue weighted by atomic mass is 9.86. The number of ether oxygens (including phenoxy) is 2. The van der Waals surface area contributed by atoms with Gasteiger partial charge < -0.3 is 9.47 Å². The highest BCUT2D eigenvalue weighted by atomic mass is 16.5. The first-order chi connectivity index (χ1) is 16.1. The lowest BCUT2D eigenvalue weighted by Crippen LogP contribution is -2.11. The fourth-order valence-electron chi connectivity index (χ4n) is 4.33. The minimum absolute atomic E-state index is 0.300. The molecule has 2 aromatic carbocycles. The Morgan fingerprint density at radius 3 is 2.48 bits per heavy atom. The molecule has 0 unspecified atom stereocenters. The number of carbonyl (C=O) groups is 1. The summed E-state index contributed by atoms with van der Waals surface area (Å²) in [6.07, 6.45) is 7.95. The van der Waals surface area contributed by atoms with Gasteiger partial charge in [-0.1, -0.05) is 49.6 Å². The average molecular weight is 445 g/mol. The topological polar surface area (TPSA) is 53.4 Å². The maximum Gasteiger partial charge on any atom is 0.333 e. The van der Waals surface area contributed by atoms with Crippen LogP contribution in [0.2, 0.25) is 0 Å². The van der Waals surface area contributed by atoms with Gasteiger partial charge in [0.15, 0.2) is 0 Å². The number of nitrogens with zero attached hydrogens (tertiary/aromatic N) is 2. The largest absolute Gasteiger partial charge is 0.489 e. The highest BCUT2D eigenvalue weighted by Gasteiger charge is 2.21. The first-order valence-corrected chi connectivity index (χ1v) is 11.9. The highest BCUT2D eigenvalue weighted by Crippen LogP contribution is 2.34. The zero-order valence-electron chi connectivity index (χ0n) is 19.5. The maximum absolute atomic E-state index is 12.1. The second-order valence-electron chi connectivity index (χ2n) is 8.56. The minimum atomic E-state index is -0.300. The Kier molecular flexibility index (Phi) is 7.61. The molecule has 1 fully saturated rings. The van der Waals surface area contributed by atoms with Gasteiger partial charge in [-0.3, -0.25) is 0 Å². The van der Waals surface area contributed by atoms with E-state index in [9.17, 15) is 4.79 Å². The normalized spacial score (nSPS) is 14.8. The van der Waals surface area contributed by atoms with Crippen LogP contribution in [0.25, 0.3) is 11.8 Å². The Hall–Kier alpha value is -3.34. The van der Waals surface area contributed by atoms with Crippen LogP contribution in [0.1, 0.15) is 68.8 Å². The zero-order chi connectivity index (χ0) is 23.0. The van der Waals surface area contributed by atoms with Crippen molar-refractivity contribution in [2.45, 2.75) is 58.5 Å². The van der Waals surface area contributed by atoms with Crippen LogP contribution in [0.3, 0.4) is 0 Å². The van der Waals surface area contributed by atoms with E-state index in [1.807, 2.05) is 60.1 Å². The van der Waals surface area contributed by atoms with Gasteiger partial charge in [-0.15, -0.1) is 0 Å². The molecule has 3 aromatic rings. The summed E-state index contributed by atoms with van der Waals surface area (Å²) in [5.74, 6) is 1.00. The lowest BCUT2D eigenvalue weighted by molar-refractivity contribution is -0.138. The summed E-state index contributed by atoms with van der Waals surface area (Å²) in [6, 6.07) is 20.3. The molecule has 172 valence electrons. The Bertz CT molecular complexity index is 1080. The number of esters is 1. The van der Waals surface area contributed by atoms with Gasteiger partial charge in [-0.05, 0) is 68.7 Å². The summed E-state index contributed by atoms with van der Waals surface area (Å²) in [7, 11) is 0. The number of rotatable bonds is 8. The number of benzene rings is 2. The van der Waals surface area contributed by atoms with Crippen LogP contribution in [-0.4, -0.2) is 22.4 Å². The fourth-order valence-corrected chi connectivity index (χ4v) is 4.33. The summed E-state index contributed by atoms with van der Waals surface area (Å²) in [6.45, 7) is 4.49. The molecule has 1 aromatic heterocycles. The summed E-state index contributed by atoms with van der Waals surface area (Å²) in [5, 5.41) is 4.85. The van der Waals surface area contributed by atoms with E-state index in [4.69, 9.17) is 14.6 Å². The number of aromatic nitrogens is 2. The van der Waals surface area contributed by atoms with Crippen molar-refractivity contribution in [2.75, 3.05) is 6.61 Å². The summed E-state index contributed by atoms with van der Waals surface area (Å²) < 4.78 is 13.1. The van der Waals surface area contributed by atoms with Crippen molar-refractivity contribution in [3.8, 4) is 11.4 Å². The van der Waals surface area contributed by atoms with Crippen LogP contribution in [0.4, 0.5) is 0 Å². The third-order valence-electron chi connectivity index (χ3n) is 6.07. The molecule has 1 aliphatic rings. The zero-order valence-corrected chi connectivity index (χ0v) is 19.5. The van der Waals surface area contributed by atoms with E-state index in [1.54, 1.807) is 6.92 Å². The van der Waals surface area contributed by atoms with Crippen LogP contribution < -0.4 is 4.74 Å². The van der Waals surface area contributed by atoms with Crippen molar-refractivity contribution >= 4 is 12.0 Å². The molecule has 0 N–H and O–H groups in total. The molecule has 5 heteroatoms. The van der Waals surface area contributed by atoms with Crippen molar-refractivity contribution in [2.24, 2.45) is 0 Å². The molecular formula is C28H32N2O3. The third-order valence-corrected chi connectivity index (χ3v) is 6.07. The van der Waals surface area contributed by atoms with E-state index in [2.05, 4.69) is 18.2 Å². The molecule has 0 atom stereocenters. The van der Waals surface area contributed by atoms with Crippen molar-refractivity contribution in [3.05, 3.63) is 83.2 Å². The molecule has 0 saturated heterocycles. The molecule has 1 saturated carbocycles. The van der Waals surface area contributed by atoms with Crippen LogP contribution in [0.5, 0.6) is 5.75 Å². The predicted octanol–water partition coefficient (Wildman–Crippen LogP) is 6.47. The van der Waals surface area contributed by atoms with E-state index in [-0.39, 0.29) is 5.97 Å². The smallest absolute Gasteiger partial charge is 0.333 e. The molecule has 0 amide bonds. The Morgan fingerprint density at radius 2 is 1.79 bits per heavy atom. The van der Waals surface area contributed by atoms with E-state index in [0.29, 0.717) is 24.7 Å². The van der Waals surface area contributed by atoms with Crippen LogP contribution >= 0.6 is 0 Å². The molecule has 33 heavy (non-hydrogen) atoms. The van der Waals surface area contributed by atoms with Gasteiger partial charge in [0.2, 0.25) is 0 Å². The monoisotopic (exact) mass is 444 g/mol. The molecule has 1 aliphatic carbocycles. The SMILES string of the molecule is CCOC(=O)C(C)=Cc1cc(C2CCCCC2)n(-c2ccc(OCc3ccccc3)cc2)n1. The first-order valence-electron chi connectivity index (χ1n) is 11.9. The van der Waals surface area contributed by atoms with E-state index >= 15 is 0 Å². The van der Waals surface area contributed by atoms with Gasteiger partial charge in [-0.2, -0.15) is 5.10 Å². The lowest BCUT2D eigenvalue weighted by Gasteiger charge is -2.22. The fraction of sp³-hybridized carbons (Fsp3) is 0.357. The Balaban J connectivity index is 1.57. The van der Waals surface area contributed by atoms with Gasteiger partial charge >= 0.3 is 5.97 Å². The predicted molar refractivity (Wildman–Crippen MR) is 130 cm³/mol. The quantitative estimate of drug-likeness (QED) is 0.295. The molecular weight excluding hydrogens is 412 g/mol. The first kappa shape index (κ1) is 22.8. The van der Waals surface area contributed by atoms with Gasteiger partial charge in [0.05, 0.1) is 18.0 Å². The maximum atomic E-state index is 12.1. The molecule has 1 heterocycles. The number of hydrogen-bond donors (Lipinski definition) is 0. The van der Waals surface area contributed by atoms with Gasteiger partial charge in [0.1, 0.15) is 12.4 Å². The highest BCUT2D eigenvalue weighted by molar-refractivity contribution is 5.92. The van der Waals surface area contributed by atoms with Crippen molar-refractivity contribution in [1.29, 1.82) is 0 Å². The van der Waals surface area contributed by atoms with Gasteiger partial charge in [0.25, 0.3) is 0 Å². The van der Waals surface area contributed by atoms with Crippen LogP contribution in [-0.2, 0) is 16.1 Å². The summed E-state index contributed by atoms with van der Waals surface area (Å²) in [4.78, 5) is 12.1. The van der Waals surface area contributed by atoms with Crippen molar-refractivity contribution in [1.82, 2.24) is 9.78 Å². The molecule has 5 nitrogen and oxygen atoms in total. The van der Waals surface area contributed by atoms with E-state index in [0.717, 1.165) is 22.7 Å². The van der Waals surface area contributed by atoms with Crippen LogP contribution in [0.15, 0.2) is 66.2 Å². The molecule has 4 rings (SSSR count). The van der Waals surface area contributed by atoms with E-state index < -0.39 is 0 Å². The molecule has 0 aliphatic heterocycles. The van der Waals surface area contributed by atoms with Crippen LogP contribution in [0, 0.1) is 0 Å². The van der Waals surface area contributed by atoms with Crippen molar-refractivity contribution in [3.63, 3.8) is 0 Å². The van der Waals surface area contributed by atoms with Gasteiger partial charge in [0, 0.05) is 17.2 Å². The second kappa shape index (κ2) is 11.0. The number of hydrogen-bond acceptors (Lipinski definition) is 4. The number of carbonyl (C=O) groups excluding carboxylic acids is 1. The average Bonchev–Trinajstić information content (AvgIpc) is 3.28. The molecule has 0 bridgehead atoms. The summed E-state index contributed by atoms with van der Waals surface area (Å²) >= 11 is 0. The van der Waals surface area contributed by atoms with E-state index in [1.165, 1.54) is 37.8 Å². The van der Waals surface area contributed by atoms with Gasteiger partial charge in [-0.25, -0.2) is 9.48 Å². The van der Waals surface area contributed by atoms with Crippen molar-refractivity contribution < 1.29 is 14.3 Å².